The van der Waals surface area contributed by atoms with Gasteiger partial charge in [0.1, 0.15) is 12.4 Å². The van der Waals surface area contributed by atoms with Gasteiger partial charge >= 0.3 is 0 Å². The molecule has 7 heteroatoms. The lowest BCUT2D eigenvalue weighted by Gasteiger charge is -2.24. The van der Waals surface area contributed by atoms with Crippen molar-refractivity contribution in [3.05, 3.63) is 125 Å². The molecule has 182 valence electrons. The van der Waals surface area contributed by atoms with Crippen LogP contribution in [0.3, 0.4) is 0 Å². The van der Waals surface area contributed by atoms with Crippen LogP contribution in [-0.4, -0.2) is 14.1 Å². The van der Waals surface area contributed by atoms with E-state index in [-0.39, 0.29) is 10.9 Å². The lowest BCUT2D eigenvalue weighted by atomic mass is 9.97. The Morgan fingerprint density at radius 3 is 2.19 bits per heavy atom. The summed E-state index contributed by atoms with van der Waals surface area (Å²) < 4.78 is 29.3. The van der Waals surface area contributed by atoms with Crippen molar-refractivity contribution < 1.29 is 13.2 Å². The summed E-state index contributed by atoms with van der Waals surface area (Å²) in [5, 5.41) is 12.2. The number of nitrogens with zero attached hydrogens (tertiary/aromatic N) is 2. The lowest BCUT2D eigenvalue weighted by Crippen LogP contribution is -2.19. The summed E-state index contributed by atoms with van der Waals surface area (Å²) in [6.07, 6.45) is 0.713. The number of hydrogen-bond donors (Lipinski definition) is 1. The summed E-state index contributed by atoms with van der Waals surface area (Å²) in [5.41, 5.74) is 6.21. The molecule has 0 aliphatic carbocycles. The van der Waals surface area contributed by atoms with Crippen molar-refractivity contribution in [2.45, 2.75) is 30.9 Å². The van der Waals surface area contributed by atoms with Crippen molar-refractivity contribution >= 4 is 21.4 Å². The summed E-state index contributed by atoms with van der Waals surface area (Å²) in [4.78, 5) is 0.0765. The Labute approximate surface area is 211 Å². The lowest BCUT2D eigenvalue weighted by molar-refractivity contribution is 0.306. The van der Waals surface area contributed by atoms with E-state index in [1.807, 2.05) is 59.6 Å². The number of rotatable bonds is 7. The Morgan fingerprint density at radius 1 is 0.889 bits per heavy atom. The predicted octanol–water partition coefficient (Wildman–Crippen LogP) is 5.58. The van der Waals surface area contributed by atoms with Crippen LogP contribution in [-0.2, 0) is 16.6 Å². The first-order valence-electron chi connectivity index (χ1n) is 11.7. The summed E-state index contributed by atoms with van der Waals surface area (Å²) in [6.45, 7) is 2.57. The number of benzene rings is 4. The molecule has 1 unspecified atom stereocenters. The zero-order chi connectivity index (χ0) is 25.1. The summed E-state index contributed by atoms with van der Waals surface area (Å²) in [5.74, 6) is 0.798. The first-order chi connectivity index (χ1) is 17.4. The van der Waals surface area contributed by atoms with Crippen LogP contribution in [0.1, 0.15) is 34.7 Å². The van der Waals surface area contributed by atoms with Crippen molar-refractivity contribution in [1.82, 2.24) is 0 Å². The fraction of sp³-hybridized carbons (Fsp3) is 0.138. The molecule has 1 aliphatic heterocycles. The van der Waals surface area contributed by atoms with Gasteiger partial charge in [-0.3, -0.25) is 5.01 Å². The molecule has 0 aromatic heterocycles. The zero-order valence-electron chi connectivity index (χ0n) is 19.9. The van der Waals surface area contributed by atoms with E-state index in [1.54, 1.807) is 12.1 Å². The third-order valence-electron chi connectivity index (χ3n) is 6.24. The van der Waals surface area contributed by atoms with Gasteiger partial charge in [-0.05, 0) is 72.1 Å². The first-order valence-corrected chi connectivity index (χ1v) is 13.2. The monoisotopic (exact) mass is 497 g/mol. The second kappa shape index (κ2) is 9.97. The van der Waals surface area contributed by atoms with Crippen LogP contribution in [0.25, 0.3) is 0 Å². The fourth-order valence-corrected chi connectivity index (χ4v) is 4.76. The van der Waals surface area contributed by atoms with Crippen LogP contribution in [0.4, 0.5) is 5.69 Å². The molecule has 5 rings (SSSR count). The average Bonchev–Trinajstić information content (AvgIpc) is 3.34. The first kappa shape index (κ1) is 23.8. The van der Waals surface area contributed by atoms with Crippen molar-refractivity contribution in [1.29, 1.82) is 0 Å². The summed E-state index contributed by atoms with van der Waals surface area (Å²) >= 11 is 0. The molecule has 0 bridgehead atoms. The molecule has 0 fully saturated rings. The van der Waals surface area contributed by atoms with Gasteiger partial charge < -0.3 is 4.74 Å². The molecule has 1 heterocycles. The van der Waals surface area contributed by atoms with Gasteiger partial charge in [0.15, 0.2) is 0 Å². The summed E-state index contributed by atoms with van der Waals surface area (Å²) in [7, 11) is -3.76. The molecule has 4 aromatic carbocycles. The van der Waals surface area contributed by atoms with Gasteiger partial charge in [-0.25, -0.2) is 13.6 Å². The third-order valence-corrected chi connectivity index (χ3v) is 7.17. The quantitative estimate of drug-likeness (QED) is 0.361. The molecule has 0 radical (unpaired) electrons. The SMILES string of the molecule is Cc1ccc(C2CC(c3ccc(OCc4ccccc4)cc3)=NN2c2ccc(S(N)(=O)=O)cc2)cc1. The minimum absolute atomic E-state index is 0.0186. The van der Waals surface area contributed by atoms with Gasteiger partial charge in [-0.2, -0.15) is 5.10 Å². The van der Waals surface area contributed by atoms with E-state index in [0.29, 0.717) is 13.0 Å². The minimum Gasteiger partial charge on any atom is -0.489 e. The predicted molar refractivity (Wildman–Crippen MR) is 143 cm³/mol. The highest BCUT2D eigenvalue weighted by Crippen LogP contribution is 2.37. The molecule has 0 saturated heterocycles. The van der Waals surface area contributed by atoms with E-state index in [0.717, 1.165) is 33.8 Å². The maximum atomic E-state index is 11.7. The van der Waals surface area contributed by atoms with Crippen molar-refractivity contribution in [2.75, 3.05) is 5.01 Å². The topological polar surface area (TPSA) is 85.0 Å². The zero-order valence-corrected chi connectivity index (χ0v) is 20.7. The maximum absolute atomic E-state index is 11.7. The van der Waals surface area contributed by atoms with Crippen LogP contribution in [0, 0.1) is 6.92 Å². The van der Waals surface area contributed by atoms with E-state index in [1.165, 1.54) is 17.7 Å². The number of hydrazone groups is 1. The van der Waals surface area contributed by atoms with Crippen molar-refractivity contribution in [3.8, 4) is 5.75 Å². The summed E-state index contributed by atoms with van der Waals surface area (Å²) in [6, 6.07) is 33.0. The van der Waals surface area contributed by atoms with Crippen molar-refractivity contribution in [2.24, 2.45) is 10.2 Å². The van der Waals surface area contributed by atoms with Crippen LogP contribution >= 0.6 is 0 Å². The molecule has 1 aliphatic rings. The Balaban J connectivity index is 1.40. The number of sulfonamides is 1. The number of nitrogens with two attached hydrogens (primary N) is 1. The molecule has 4 aromatic rings. The smallest absolute Gasteiger partial charge is 0.238 e. The standard InChI is InChI=1S/C29H27N3O3S/c1-21-7-9-24(10-8-21)29-19-28(31-32(29)25-13-17-27(18-14-25)36(30,33)34)23-11-15-26(16-12-23)35-20-22-5-3-2-4-6-22/h2-18,29H,19-20H2,1H3,(H2,30,33,34). The largest absolute Gasteiger partial charge is 0.489 e. The van der Waals surface area contributed by atoms with E-state index in [4.69, 9.17) is 15.0 Å². The maximum Gasteiger partial charge on any atom is 0.238 e. The second-order valence-electron chi connectivity index (χ2n) is 8.86. The van der Waals surface area contributed by atoms with Gasteiger partial charge in [0, 0.05) is 6.42 Å². The molecule has 2 N–H and O–H groups in total. The number of primary sulfonamides is 1. The molecule has 0 amide bonds. The van der Waals surface area contributed by atoms with E-state index >= 15 is 0 Å². The van der Waals surface area contributed by atoms with E-state index < -0.39 is 10.0 Å². The van der Waals surface area contributed by atoms with Crippen LogP contribution in [0.15, 0.2) is 113 Å². The third kappa shape index (κ3) is 5.32. The highest BCUT2D eigenvalue weighted by atomic mass is 32.2. The Kier molecular flexibility index (Phi) is 6.59. The van der Waals surface area contributed by atoms with Crippen molar-refractivity contribution in [3.63, 3.8) is 0 Å². The molecule has 6 nitrogen and oxygen atoms in total. The average molecular weight is 498 g/mol. The highest BCUT2D eigenvalue weighted by molar-refractivity contribution is 7.89. The van der Waals surface area contributed by atoms with Gasteiger partial charge in [-0.15, -0.1) is 0 Å². The molecule has 1 atom stereocenters. The molecule has 0 spiro atoms. The molecule has 0 saturated carbocycles. The Bertz CT molecular complexity index is 1470. The Hall–Kier alpha value is -3.94. The van der Waals surface area contributed by atoms with E-state index in [9.17, 15) is 8.42 Å². The van der Waals surface area contributed by atoms with E-state index in [2.05, 4.69) is 31.2 Å². The van der Waals surface area contributed by atoms with Gasteiger partial charge in [0.05, 0.1) is 22.3 Å². The number of hydrogen-bond acceptors (Lipinski definition) is 5. The fourth-order valence-electron chi connectivity index (χ4n) is 4.24. The van der Waals surface area contributed by atoms with Crippen LogP contribution < -0.4 is 14.9 Å². The second-order valence-corrected chi connectivity index (χ2v) is 10.4. The molecule has 36 heavy (non-hydrogen) atoms. The highest BCUT2D eigenvalue weighted by Gasteiger charge is 2.30. The normalized spacial score (nSPS) is 15.6. The number of aryl methyl sites for hydroxylation is 1. The molecular weight excluding hydrogens is 470 g/mol. The van der Waals surface area contributed by atoms with Gasteiger partial charge in [-0.1, -0.05) is 60.2 Å². The van der Waals surface area contributed by atoms with Gasteiger partial charge in [0.25, 0.3) is 0 Å². The number of ether oxygens (including phenoxy) is 1. The number of anilines is 1. The Morgan fingerprint density at radius 2 is 1.56 bits per heavy atom. The van der Waals surface area contributed by atoms with Gasteiger partial charge in [0.2, 0.25) is 10.0 Å². The molecular formula is C29H27N3O3S. The minimum atomic E-state index is -3.76. The van der Waals surface area contributed by atoms with Crippen LogP contribution in [0.2, 0.25) is 0 Å². The van der Waals surface area contributed by atoms with Crippen LogP contribution in [0.5, 0.6) is 5.75 Å².